The van der Waals surface area contributed by atoms with Crippen LogP contribution in [0.3, 0.4) is 0 Å². The fourth-order valence-electron chi connectivity index (χ4n) is 5.94. The molecule has 0 aliphatic carbocycles. The number of hydrogen-bond donors (Lipinski definition) is 0. The van der Waals surface area contributed by atoms with Crippen molar-refractivity contribution in [2.75, 3.05) is 32.6 Å². The predicted octanol–water partition coefficient (Wildman–Crippen LogP) is 3.58. The normalized spacial score (nSPS) is 28.2. The third-order valence-electron chi connectivity index (χ3n) is 7.44. The molecule has 1 aromatic carbocycles. The van der Waals surface area contributed by atoms with Crippen LogP contribution in [0.15, 0.2) is 63.8 Å². The van der Waals surface area contributed by atoms with Gasteiger partial charge in [-0.05, 0) is 49.5 Å². The van der Waals surface area contributed by atoms with Crippen LogP contribution in [0.2, 0.25) is 0 Å². The third-order valence-corrected chi connectivity index (χ3v) is 9.38. The Morgan fingerprint density at radius 2 is 1.89 bits per heavy atom. The Morgan fingerprint density at radius 3 is 2.57 bits per heavy atom. The van der Waals surface area contributed by atoms with Crippen LogP contribution in [0.4, 0.5) is 5.69 Å². The number of amides is 2. The summed E-state index contributed by atoms with van der Waals surface area (Å²) in [5.41, 5.74) is 0.155. The number of hydrogen-bond acceptors (Lipinski definition) is 8. The Morgan fingerprint density at radius 1 is 1.11 bits per heavy atom. The Labute approximate surface area is 211 Å². The summed E-state index contributed by atoms with van der Waals surface area (Å²) in [6.45, 7) is 0.624. The highest BCUT2D eigenvalue weighted by Crippen LogP contribution is 2.67. The zero-order chi connectivity index (χ0) is 24.5. The lowest BCUT2D eigenvalue weighted by atomic mass is 9.73. The van der Waals surface area contributed by atoms with Gasteiger partial charge in [0.2, 0.25) is 5.91 Å². The lowest BCUT2D eigenvalue weighted by Crippen LogP contribution is -2.62. The van der Waals surface area contributed by atoms with Crippen molar-refractivity contribution in [1.29, 1.82) is 0 Å². The van der Waals surface area contributed by atoms with Gasteiger partial charge in [-0.1, -0.05) is 24.0 Å². The molecule has 0 bridgehead atoms. The molecule has 2 fully saturated rings. The average Bonchev–Trinajstić information content (AvgIpc) is 3.66. The summed E-state index contributed by atoms with van der Waals surface area (Å²) in [6, 6.07) is 12.8. The second kappa shape index (κ2) is 7.71. The standard InChI is InChI=1S/C25H23N3O5S2/c1-26-14-18(20-7-5-11-33-20)25(22(30)28(23(34)35-25)13-16-6-4-10-32-16)24(26)17-12-15(31-3)8-9-19(17)27(2)21(24)29/h4-12,18H,13-14H2,1-3H3/t18-,24-,25-/m0/s1. The Bertz CT molecular complexity index is 1340. The SMILES string of the molecule is COc1ccc2c(c1)[C@@]1(C(=O)N2C)N(C)C[C@@H](c2ccco2)[C@@]12SC(=S)N(Cc1ccco1)C2=O. The molecule has 3 aliphatic rings. The van der Waals surface area contributed by atoms with Crippen molar-refractivity contribution in [2.45, 2.75) is 22.7 Å². The van der Waals surface area contributed by atoms with Crippen molar-refractivity contribution in [3.05, 3.63) is 72.1 Å². The van der Waals surface area contributed by atoms with Gasteiger partial charge >= 0.3 is 0 Å². The minimum Gasteiger partial charge on any atom is -0.497 e. The van der Waals surface area contributed by atoms with E-state index in [1.807, 2.05) is 36.2 Å². The van der Waals surface area contributed by atoms with Crippen molar-refractivity contribution in [1.82, 2.24) is 9.80 Å². The van der Waals surface area contributed by atoms with E-state index in [4.69, 9.17) is 25.8 Å². The van der Waals surface area contributed by atoms with Gasteiger partial charge in [0, 0.05) is 24.8 Å². The number of thioether (sulfide) groups is 1. The van der Waals surface area contributed by atoms with Crippen LogP contribution < -0.4 is 9.64 Å². The van der Waals surface area contributed by atoms with Crippen LogP contribution in [0.5, 0.6) is 5.75 Å². The summed E-state index contributed by atoms with van der Waals surface area (Å²) in [7, 11) is 5.22. The molecule has 0 unspecified atom stereocenters. The van der Waals surface area contributed by atoms with Crippen LogP contribution in [-0.2, 0) is 21.7 Å². The summed E-state index contributed by atoms with van der Waals surface area (Å²) in [6.07, 6.45) is 3.16. The molecular formula is C25H23N3O5S2. The van der Waals surface area contributed by atoms with E-state index in [-0.39, 0.29) is 18.4 Å². The number of likely N-dealkylation sites (tertiary alicyclic amines) is 1. The van der Waals surface area contributed by atoms with E-state index in [1.54, 1.807) is 54.7 Å². The molecule has 0 saturated carbocycles. The van der Waals surface area contributed by atoms with Crippen LogP contribution in [0.25, 0.3) is 0 Å². The molecule has 35 heavy (non-hydrogen) atoms. The number of fused-ring (bicyclic) bond motifs is 3. The smallest absolute Gasteiger partial charge is 0.254 e. The first-order chi connectivity index (χ1) is 16.9. The van der Waals surface area contributed by atoms with E-state index in [0.717, 1.165) is 11.3 Å². The number of benzene rings is 1. The van der Waals surface area contributed by atoms with Gasteiger partial charge in [0.05, 0.1) is 32.1 Å². The molecular weight excluding hydrogens is 486 g/mol. The van der Waals surface area contributed by atoms with Crippen molar-refractivity contribution in [2.24, 2.45) is 0 Å². The van der Waals surface area contributed by atoms with Gasteiger partial charge in [0.1, 0.15) is 26.3 Å². The molecule has 5 heterocycles. The molecule has 3 atom stereocenters. The molecule has 3 aromatic rings. The van der Waals surface area contributed by atoms with Gasteiger partial charge in [0.25, 0.3) is 5.91 Å². The number of furan rings is 2. The Hall–Kier alpha value is -3.08. The maximum Gasteiger partial charge on any atom is 0.254 e. The van der Waals surface area contributed by atoms with Crippen molar-refractivity contribution < 1.29 is 23.2 Å². The quantitative estimate of drug-likeness (QED) is 0.494. The van der Waals surface area contributed by atoms with Gasteiger partial charge in [-0.25, -0.2) is 0 Å². The Kier molecular flexibility index (Phi) is 4.93. The predicted molar refractivity (Wildman–Crippen MR) is 134 cm³/mol. The van der Waals surface area contributed by atoms with E-state index in [0.29, 0.717) is 28.1 Å². The second-order valence-corrected chi connectivity index (χ2v) is 10.9. The number of thiocarbonyl (C=S) groups is 1. The molecule has 180 valence electrons. The molecule has 2 amide bonds. The maximum absolute atomic E-state index is 14.6. The largest absolute Gasteiger partial charge is 0.497 e. The second-order valence-electron chi connectivity index (χ2n) is 8.98. The number of carbonyl (C=O) groups is 2. The van der Waals surface area contributed by atoms with Gasteiger partial charge in [0.15, 0.2) is 5.54 Å². The van der Waals surface area contributed by atoms with Gasteiger partial charge in [-0.2, -0.15) is 0 Å². The number of ether oxygens (including phenoxy) is 1. The zero-order valence-electron chi connectivity index (χ0n) is 19.4. The number of carbonyl (C=O) groups excluding carboxylic acids is 2. The number of anilines is 1. The summed E-state index contributed by atoms with van der Waals surface area (Å²) >= 11 is 7.06. The molecule has 2 aromatic heterocycles. The summed E-state index contributed by atoms with van der Waals surface area (Å²) < 4.78 is 16.0. The number of likely N-dealkylation sites (N-methyl/N-ethyl adjacent to an activating group) is 2. The molecule has 0 N–H and O–H groups in total. The number of nitrogens with zero attached hydrogens (tertiary/aromatic N) is 3. The fourth-order valence-corrected chi connectivity index (χ4v) is 8.04. The van der Waals surface area contributed by atoms with E-state index >= 15 is 0 Å². The first-order valence-corrected chi connectivity index (χ1v) is 12.4. The van der Waals surface area contributed by atoms with E-state index in [9.17, 15) is 9.59 Å². The molecule has 2 spiro atoms. The minimum absolute atomic E-state index is 0.180. The van der Waals surface area contributed by atoms with Gasteiger partial charge in [-0.3, -0.25) is 19.4 Å². The van der Waals surface area contributed by atoms with Crippen molar-refractivity contribution in [3.63, 3.8) is 0 Å². The summed E-state index contributed by atoms with van der Waals surface area (Å²) in [5, 5.41) is 0. The molecule has 3 aliphatic heterocycles. The average molecular weight is 510 g/mol. The van der Waals surface area contributed by atoms with E-state index in [2.05, 4.69) is 0 Å². The molecule has 0 radical (unpaired) electrons. The first kappa shape index (κ1) is 22.4. The first-order valence-electron chi connectivity index (χ1n) is 11.1. The molecule has 6 rings (SSSR count). The lowest BCUT2D eigenvalue weighted by Gasteiger charge is -2.41. The lowest BCUT2D eigenvalue weighted by molar-refractivity contribution is -0.139. The van der Waals surface area contributed by atoms with Crippen molar-refractivity contribution >= 4 is 45.8 Å². The molecule has 10 heteroatoms. The number of methoxy groups -OCH3 is 1. The van der Waals surface area contributed by atoms with Crippen LogP contribution >= 0.6 is 24.0 Å². The summed E-state index contributed by atoms with van der Waals surface area (Å²) in [4.78, 5) is 34.1. The van der Waals surface area contributed by atoms with E-state index < -0.39 is 16.2 Å². The molecule has 2 saturated heterocycles. The van der Waals surface area contributed by atoms with Crippen LogP contribution in [-0.4, -0.2) is 58.4 Å². The van der Waals surface area contributed by atoms with Gasteiger partial charge in [-0.15, -0.1) is 0 Å². The zero-order valence-corrected chi connectivity index (χ0v) is 21.0. The third kappa shape index (κ3) is 2.70. The highest BCUT2D eigenvalue weighted by atomic mass is 32.2. The van der Waals surface area contributed by atoms with Gasteiger partial charge < -0.3 is 18.5 Å². The highest BCUT2D eigenvalue weighted by molar-refractivity contribution is 8.25. The van der Waals surface area contributed by atoms with Crippen LogP contribution in [0, 0.1) is 0 Å². The maximum atomic E-state index is 14.6. The van der Waals surface area contributed by atoms with Crippen LogP contribution in [0.1, 0.15) is 23.0 Å². The topological polar surface area (TPSA) is 79.4 Å². The highest BCUT2D eigenvalue weighted by Gasteiger charge is 2.79. The minimum atomic E-state index is -1.31. The summed E-state index contributed by atoms with van der Waals surface area (Å²) in [5.74, 6) is 1.04. The fraction of sp³-hybridized carbons (Fsp3) is 0.320. The van der Waals surface area contributed by atoms with Crippen molar-refractivity contribution in [3.8, 4) is 5.75 Å². The monoisotopic (exact) mass is 509 g/mol. The Balaban J connectivity index is 1.61. The number of rotatable bonds is 4. The van der Waals surface area contributed by atoms with E-state index in [1.165, 1.54) is 11.8 Å². The molecule has 8 nitrogen and oxygen atoms in total.